The average molecular weight is 412 g/mol. The third-order valence-corrected chi connectivity index (χ3v) is 3.67. The third kappa shape index (κ3) is 5.88. The van der Waals surface area contributed by atoms with E-state index >= 15 is 0 Å². The van der Waals surface area contributed by atoms with Crippen molar-refractivity contribution < 1.29 is 23.0 Å². The maximum Gasteiger partial charge on any atom is 0.387 e. The van der Waals surface area contributed by atoms with Crippen LogP contribution in [0.15, 0.2) is 24.4 Å². The van der Waals surface area contributed by atoms with Gasteiger partial charge >= 0.3 is 12.6 Å². The fraction of sp³-hybridized carbons (Fsp3) is 0.389. The summed E-state index contributed by atoms with van der Waals surface area (Å²) < 4.78 is 36.5. The van der Waals surface area contributed by atoms with Gasteiger partial charge in [0.25, 0.3) is 0 Å². The second-order valence-corrected chi connectivity index (χ2v) is 6.57. The molecule has 0 amide bonds. The first-order valence-corrected chi connectivity index (χ1v) is 9.02. The Morgan fingerprint density at radius 3 is 2.57 bits per heavy atom. The number of carbonyl (C=O) groups is 1. The molecule has 0 bridgehead atoms. The number of benzene rings is 1. The Balaban J connectivity index is 2.21. The summed E-state index contributed by atoms with van der Waals surface area (Å²) in [6.07, 6.45) is 1.30. The van der Waals surface area contributed by atoms with Crippen LogP contribution in [0.5, 0.6) is 5.75 Å². The number of carbonyl (C=O) groups excluding carboxylic acids is 1. The third-order valence-electron chi connectivity index (χ3n) is 3.47. The number of esters is 1. The summed E-state index contributed by atoms with van der Waals surface area (Å²) >= 11 is 5.26. The Labute approximate surface area is 167 Å². The fourth-order valence-electron chi connectivity index (χ4n) is 2.31. The molecule has 0 aliphatic carbocycles. The van der Waals surface area contributed by atoms with Crippen molar-refractivity contribution in [2.75, 3.05) is 10.6 Å². The average Bonchev–Trinajstić information content (AvgIpc) is 2.99. The maximum atomic E-state index is 12.6. The zero-order chi connectivity index (χ0) is 20.8. The summed E-state index contributed by atoms with van der Waals surface area (Å²) in [5.74, 6) is -0.641. The van der Waals surface area contributed by atoms with Crippen molar-refractivity contribution >= 4 is 34.7 Å². The van der Waals surface area contributed by atoms with Crippen molar-refractivity contribution in [2.45, 2.75) is 47.0 Å². The number of halogens is 2. The number of ether oxygens (including phenoxy) is 2. The molecule has 2 rings (SSSR count). The topological polar surface area (TPSA) is 77.4 Å². The predicted molar refractivity (Wildman–Crippen MR) is 106 cm³/mol. The van der Waals surface area contributed by atoms with Gasteiger partial charge in [0, 0.05) is 12.7 Å². The molecule has 0 aliphatic rings. The van der Waals surface area contributed by atoms with E-state index < -0.39 is 12.6 Å². The monoisotopic (exact) mass is 412 g/mol. The fourth-order valence-corrected chi connectivity index (χ4v) is 2.53. The summed E-state index contributed by atoms with van der Waals surface area (Å²) in [6, 6.07) is 4.69. The van der Waals surface area contributed by atoms with Crippen LogP contribution in [0, 0.1) is 6.92 Å². The van der Waals surface area contributed by atoms with Crippen LogP contribution in [0.1, 0.15) is 36.8 Å². The van der Waals surface area contributed by atoms with Crippen molar-refractivity contribution in [2.24, 2.45) is 0 Å². The van der Waals surface area contributed by atoms with Crippen LogP contribution in [0.25, 0.3) is 0 Å². The summed E-state index contributed by atoms with van der Waals surface area (Å²) in [4.78, 5) is 12.3. The first kappa shape index (κ1) is 21.5. The molecule has 10 heteroatoms. The molecule has 0 saturated heterocycles. The van der Waals surface area contributed by atoms with Crippen molar-refractivity contribution in [1.82, 2.24) is 9.78 Å². The summed E-state index contributed by atoms with van der Waals surface area (Å²) in [6.45, 7) is 4.70. The van der Waals surface area contributed by atoms with Crippen LogP contribution in [0.3, 0.4) is 0 Å². The lowest BCUT2D eigenvalue weighted by molar-refractivity contribution is -0.0493. The number of alkyl halides is 2. The van der Waals surface area contributed by atoms with E-state index in [0.717, 1.165) is 5.56 Å². The first-order chi connectivity index (χ1) is 13.2. The van der Waals surface area contributed by atoms with Crippen molar-refractivity contribution in [3.05, 3.63) is 35.7 Å². The molecule has 0 saturated carbocycles. The Kier molecular flexibility index (Phi) is 7.27. The van der Waals surface area contributed by atoms with E-state index in [0.29, 0.717) is 12.2 Å². The largest absolute Gasteiger partial charge is 0.458 e. The number of hydrogen-bond donors (Lipinski definition) is 2. The molecule has 7 nitrogen and oxygen atoms in total. The highest BCUT2D eigenvalue weighted by Gasteiger charge is 2.20. The normalized spacial score (nSPS) is 10.9. The molecule has 1 aromatic carbocycles. The van der Waals surface area contributed by atoms with E-state index in [1.807, 2.05) is 6.92 Å². The SMILES string of the molecule is CCn1cc(NC(=S)Nc2cc(C)ccc2OC(F)F)c(C(=O)OC(C)C)n1. The van der Waals surface area contributed by atoms with Crippen molar-refractivity contribution in [1.29, 1.82) is 0 Å². The maximum absolute atomic E-state index is 12.6. The van der Waals surface area contributed by atoms with Gasteiger partial charge in [-0.15, -0.1) is 0 Å². The minimum absolute atomic E-state index is 0.0477. The van der Waals surface area contributed by atoms with Gasteiger partial charge in [0.2, 0.25) is 0 Å². The minimum Gasteiger partial charge on any atom is -0.458 e. The number of rotatable bonds is 7. The molecule has 1 heterocycles. The van der Waals surface area contributed by atoms with Crippen LogP contribution in [0.4, 0.5) is 20.2 Å². The molecule has 0 radical (unpaired) electrons. The molecule has 2 aromatic rings. The standard InChI is InChI=1S/C18H22F2N4O3S/c1-5-24-9-13(15(23-24)16(25)26-10(2)3)22-18(28)21-12-8-11(4)6-7-14(12)27-17(19)20/h6-10,17H,5H2,1-4H3,(H2,21,22,28). The Morgan fingerprint density at radius 1 is 1.29 bits per heavy atom. The highest BCUT2D eigenvalue weighted by Crippen LogP contribution is 2.27. The number of nitrogens with one attached hydrogen (secondary N) is 2. The number of aryl methyl sites for hydroxylation is 2. The summed E-state index contributed by atoms with van der Waals surface area (Å²) in [7, 11) is 0. The van der Waals surface area contributed by atoms with Crippen LogP contribution in [-0.4, -0.2) is 33.6 Å². The van der Waals surface area contributed by atoms with Gasteiger partial charge < -0.3 is 20.1 Å². The van der Waals surface area contributed by atoms with Crippen molar-refractivity contribution in [3.63, 3.8) is 0 Å². The van der Waals surface area contributed by atoms with Gasteiger partial charge in [-0.2, -0.15) is 13.9 Å². The van der Waals surface area contributed by atoms with Crippen LogP contribution in [-0.2, 0) is 11.3 Å². The van der Waals surface area contributed by atoms with E-state index in [-0.39, 0.29) is 28.3 Å². The van der Waals surface area contributed by atoms with E-state index in [4.69, 9.17) is 17.0 Å². The highest BCUT2D eigenvalue weighted by atomic mass is 32.1. The summed E-state index contributed by atoms with van der Waals surface area (Å²) in [5.41, 5.74) is 1.51. The van der Waals surface area contributed by atoms with E-state index in [1.54, 1.807) is 43.8 Å². The Hall–Kier alpha value is -2.75. The van der Waals surface area contributed by atoms with Gasteiger partial charge in [-0.1, -0.05) is 6.07 Å². The van der Waals surface area contributed by atoms with Crippen LogP contribution >= 0.6 is 12.2 Å². The Morgan fingerprint density at radius 2 is 1.96 bits per heavy atom. The number of thiocarbonyl (C=S) groups is 1. The lowest BCUT2D eigenvalue weighted by Crippen LogP contribution is -2.22. The second-order valence-electron chi connectivity index (χ2n) is 6.16. The number of hydrogen-bond acceptors (Lipinski definition) is 5. The first-order valence-electron chi connectivity index (χ1n) is 8.61. The molecule has 0 unspecified atom stereocenters. The molecule has 0 atom stereocenters. The van der Waals surface area contributed by atoms with Gasteiger partial charge in [-0.3, -0.25) is 4.68 Å². The molecule has 0 spiro atoms. The molecular formula is C18H22F2N4O3S. The molecular weight excluding hydrogens is 390 g/mol. The lowest BCUT2D eigenvalue weighted by atomic mass is 10.2. The smallest absolute Gasteiger partial charge is 0.387 e. The lowest BCUT2D eigenvalue weighted by Gasteiger charge is -2.15. The van der Waals surface area contributed by atoms with Gasteiger partial charge in [0.1, 0.15) is 5.75 Å². The summed E-state index contributed by atoms with van der Waals surface area (Å²) in [5, 5.41) is 9.94. The number of aromatic nitrogens is 2. The van der Waals surface area contributed by atoms with E-state index in [9.17, 15) is 13.6 Å². The number of anilines is 2. The van der Waals surface area contributed by atoms with Gasteiger partial charge in [0.15, 0.2) is 10.8 Å². The quantitative estimate of drug-likeness (QED) is 0.522. The molecule has 28 heavy (non-hydrogen) atoms. The zero-order valence-corrected chi connectivity index (χ0v) is 16.8. The van der Waals surface area contributed by atoms with Gasteiger partial charge in [-0.25, -0.2) is 4.79 Å². The molecule has 152 valence electrons. The van der Waals surface area contributed by atoms with E-state index in [2.05, 4.69) is 20.5 Å². The molecule has 0 fully saturated rings. The van der Waals surface area contributed by atoms with Gasteiger partial charge in [-0.05, 0) is 57.6 Å². The highest BCUT2D eigenvalue weighted by molar-refractivity contribution is 7.80. The minimum atomic E-state index is -2.97. The zero-order valence-electron chi connectivity index (χ0n) is 16.0. The van der Waals surface area contributed by atoms with E-state index in [1.165, 1.54) is 6.07 Å². The molecule has 1 aromatic heterocycles. The van der Waals surface area contributed by atoms with Crippen LogP contribution in [0.2, 0.25) is 0 Å². The van der Waals surface area contributed by atoms with Crippen molar-refractivity contribution in [3.8, 4) is 5.75 Å². The van der Waals surface area contributed by atoms with Gasteiger partial charge in [0.05, 0.1) is 17.5 Å². The molecule has 0 aliphatic heterocycles. The second kappa shape index (κ2) is 9.45. The Bertz CT molecular complexity index is 855. The molecule has 2 N–H and O–H groups in total. The van der Waals surface area contributed by atoms with Crippen LogP contribution < -0.4 is 15.4 Å². The predicted octanol–water partition coefficient (Wildman–Crippen LogP) is 4.19. The number of nitrogens with zero attached hydrogens (tertiary/aromatic N) is 2.